The normalized spacial score (nSPS) is 13.2. The van der Waals surface area contributed by atoms with Crippen molar-refractivity contribution in [3.05, 3.63) is 0 Å². The minimum Gasteiger partial charge on any atom is -0.477 e. The molecule has 0 radical (unpaired) electrons. The van der Waals surface area contributed by atoms with Gasteiger partial charge < -0.3 is 23.8 Å². The summed E-state index contributed by atoms with van der Waals surface area (Å²) < 4.78 is 16.9. The molecule has 36 heavy (non-hydrogen) atoms. The fourth-order valence-electron chi connectivity index (χ4n) is 3.97. The van der Waals surface area contributed by atoms with E-state index < -0.39 is 18.1 Å². The van der Waals surface area contributed by atoms with Crippen molar-refractivity contribution >= 4 is 17.9 Å². The van der Waals surface area contributed by atoms with Crippen LogP contribution in [0.15, 0.2) is 0 Å². The average Bonchev–Trinajstić information content (AvgIpc) is 2.80. The number of carboxylic acids is 1. The Morgan fingerprint density at radius 1 is 0.722 bits per heavy atom. The number of carbonyl (C=O) groups is 3. The zero-order valence-corrected chi connectivity index (χ0v) is 23.7. The Labute approximate surface area is 219 Å². The summed E-state index contributed by atoms with van der Waals surface area (Å²) in [6, 6.07) is -0.603. The van der Waals surface area contributed by atoms with Crippen LogP contribution in [-0.2, 0) is 28.6 Å². The summed E-state index contributed by atoms with van der Waals surface area (Å²) in [5, 5.41) is 9.46. The molecular formula is C28H54NO7+. The van der Waals surface area contributed by atoms with Gasteiger partial charge >= 0.3 is 17.9 Å². The SMILES string of the molecule is CCCCCCCCCCC(=O)OC(COCCC(C(=O)O)[N+](C)(C)C)COC(=O)CCCCCC. The number of carbonyl (C=O) groups excluding carboxylic acids is 2. The van der Waals surface area contributed by atoms with Crippen molar-refractivity contribution in [1.82, 2.24) is 0 Å². The van der Waals surface area contributed by atoms with Gasteiger partial charge in [0.25, 0.3) is 0 Å². The predicted molar refractivity (Wildman–Crippen MR) is 142 cm³/mol. The van der Waals surface area contributed by atoms with Gasteiger partial charge in [-0.15, -0.1) is 0 Å². The molecule has 0 aromatic rings. The maximum absolute atomic E-state index is 12.4. The molecule has 0 spiro atoms. The van der Waals surface area contributed by atoms with Gasteiger partial charge in [-0.25, -0.2) is 4.79 Å². The number of hydrogen-bond donors (Lipinski definition) is 1. The van der Waals surface area contributed by atoms with Crippen LogP contribution in [0, 0.1) is 0 Å². The summed E-state index contributed by atoms with van der Waals surface area (Å²) in [5.41, 5.74) is 0. The van der Waals surface area contributed by atoms with E-state index in [0.717, 1.165) is 44.9 Å². The molecule has 1 N–H and O–H groups in total. The molecule has 0 fully saturated rings. The molecule has 0 amide bonds. The molecule has 8 heteroatoms. The largest absolute Gasteiger partial charge is 0.477 e. The Morgan fingerprint density at radius 2 is 1.22 bits per heavy atom. The van der Waals surface area contributed by atoms with Crippen LogP contribution in [0.5, 0.6) is 0 Å². The molecule has 0 aliphatic rings. The van der Waals surface area contributed by atoms with Crippen LogP contribution < -0.4 is 0 Å². The first kappa shape index (κ1) is 34.3. The Balaban J connectivity index is 4.53. The lowest BCUT2D eigenvalue weighted by atomic mass is 10.1. The molecule has 0 saturated carbocycles. The number of quaternary nitrogens is 1. The number of nitrogens with zero attached hydrogens (tertiary/aromatic N) is 1. The second-order valence-corrected chi connectivity index (χ2v) is 10.7. The van der Waals surface area contributed by atoms with E-state index in [0.29, 0.717) is 19.3 Å². The number of unbranched alkanes of at least 4 members (excludes halogenated alkanes) is 10. The number of esters is 2. The summed E-state index contributed by atoms with van der Waals surface area (Å²) >= 11 is 0. The molecule has 2 atom stereocenters. The lowest BCUT2D eigenvalue weighted by Gasteiger charge is -2.31. The van der Waals surface area contributed by atoms with Crippen LogP contribution in [0.2, 0.25) is 0 Å². The first-order chi connectivity index (χ1) is 17.1. The molecule has 0 rings (SSSR count). The molecule has 212 valence electrons. The molecule has 0 aromatic carbocycles. The van der Waals surface area contributed by atoms with Crippen LogP contribution in [0.3, 0.4) is 0 Å². The Hall–Kier alpha value is -1.67. The number of aliphatic carboxylic acids is 1. The molecule has 8 nitrogen and oxygen atoms in total. The van der Waals surface area contributed by atoms with Gasteiger partial charge in [-0.3, -0.25) is 9.59 Å². The van der Waals surface area contributed by atoms with E-state index in [1.54, 1.807) is 0 Å². The maximum atomic E-state index is 12.4. The molecule has 0 aromatic heterocycles. The highest BCUT2D eigenvalue weighted by atomic mass is 16.6. The van der Waals surface area contributed by atoms with Crippen molar-refractivity contribution in [2.45, 2.75) is 122 Å². The predicted octanol–water partition coefficient (Wildman–Crippen LogP) is 5.51. The van der Waals surface area contributed by atoms with Crippen molar-refractivity contribution in [3.63, 3.8) is 0 Å². The average molecular weight is 517 g/mol. The quantitative estimate of drug-likeness (QED) is 0.103. The topological polar surface area (TPSA) is 99.1 Å². The van der Waals surface area contributed by atoms with E-state index in [1.165, 1.54) is 32.1 Å². The number of hydrogen-bond acceptors (Lipinski definition) is 6. The highest BCUT2D eigenvalue weighted by Gasteiger charge is 2.31. The highest BCUT2D eigenvalue weighted by Crippen LogP contribution is 2.12. The summed E-state index contributed by atoms with van der Waals surface area (Å²) in [7, 11) is 5.48. The first-order valence-electron chi connectivity index (χ1n) is 14.1. The van der Waals surface area contributed by atoms with Gasteiger partial charge in [-0.2, -0.15) is 0 Å². The van der Waals surface area contributed by atoms with Gasteiger partial charge in [0.05, 0.1) is 34.4 Å². The maximum Gasteiger partial charge on any atom is 0.362 e. The van der Waals surface area contributed by atoms with E-state index in [-0.39, 0.29) is 36.2 Å². The van der Waals surface area contributed by atoms with Crippen molar-refractivity contribution < 1.29 is 38.2 Å². The summed E-state index contributed by atoms with van der Waals surface area (Å²) in [6.07, 6.45) is 13.4. The van der Waals surface area contributed by atoms with Crippen LogP contribution in [0.25, 0.3) is 0 Å². The van der Waals surface area contributed by atoms with Gasteiger partial charge in [-0.1, -0.05) is 78.1 Å². The third-order valence-electron chi connectivity index (χ3n) is 6.26. The molecule has 0 aliphatic carbocycles. The lowest BCUT2D eigenvalue weighted by Crippen LogP contribution is -2.50. The number of rotatable bonds is 24. The number of ether oxygens (including phenoxy) is 3. The van der Waals surface area contributed by atoms with Gasteiger partial charge in [0, 0.05) is 19.3 Å². The van der Waals surface area contributed by atoms with Crippen molar-refractivity contribution in [1.29, 1.82) is 0 Å². The standard InChI is InChI=1S/C28H53NO7/c1-6-8-10-12-13-14-15-17-19-27(31)36-24(23-35-26(30)18-16-11-9-7-2)22-34-21-20-25(28(32)33)29(3,4)5/h24-25H,6-23H2,1-5H3/p+1. The monoisotopic (exact) mass is 516 g/mol. The fraction of sp³-hybridized carbons (Fsp3) is 0.893. The zero-order chi connectivity index (χ0) is 27.2. The smallest absolute Gasteiger partial charge is 0.362 e. The Bertz CT molecular complexity index is 589. The summed E-state index contributed by atoms with van der Waals surface area (Å²) in [4.78, 5) is 36.0. The van der Waals surface area contributed by atoms with Crippen LogP contribution in [-0.4, -0.2) is 80.6 Å². The van der Waals surface area contributed by atoms with Gasteiger partial charge in [0.1, 0.15) is 6.61 Å². The van der Waals surface area contributed by atoms with E-state index in [2.05, 4.69) is 13.8 Å². The van der Waals surface area contributed by atoms with Crippen molar-refractivity contribution in [2.24, 2.45) is 0 Å². The molecule has 0 heterocycles. The second-order valence-electron chi connectivity index (χ2n) is 10.7. The van der Waals surface area contributed by atoms with Crippen LogP contribution >= 0.6 is 0 Å². The van der Waals surface area contributed by atoms with Crippen molar-refractivity contribution in [3.8, 4) is 0 Å². The molecule has 2 unspecified atom stereocenters. The first-order valence-corrected chi connectivity index (χ1v) is 14.1. The minimum atomic E-state index is -0.878. The molecule has 0 bridgehead atoms. The third-order valence-corrected chi connectivity index (χ3v) is 6.26. The van der Waals surface area contributed by atoms with Gasteiger partial charge in [-0.05, 0) is 12.8 Å². The minimum absolute atomic E-state index is 0.0481. The molecule has 0 saturated heterocycles. The van der Waals surface area contributed by atoms with E-state index in [1.807, 2.05) is 21.1 Å². The summed E-state index contributed by atoms with van der Waals surface area (Å²) in [5.74, 6) is -1.49. The lowest BCUT2D eigenvalue weighted by molar-refractivity contribution is -0.887. The second kappa shape index (κ2) is 21.4. The number of carboxylic acid groups (broad SMARTS) is 1. The molecular weight excluding hydrogens is 462 g/mol. The summed E-state index contributed by atoms with van der Waals surface area (Å²) in [6.45, 7) is 4.55. The van der Waals surface area contributed by atoms with E-state index >= 15 is 0 Å². The highest BCUT2D eigenvalue weighted by molar-refractivity contribution is 5.72. The van der Waals surface area contributed by atoms with E-state index in [9.17, 15) is 19.5 Å². The Morgan fingerprint density at radius 3 is 1.75 bits per heavy atom. The zero-order valence-electron chi connectivity index (χ0n) is 23.7. The van der Waals surface area contributed by atoms with Crippen molar-refractivity contribution in [2.75, 3.05) is 41.0 Å². The fourth-order valence-corrected chi connectivity index (χ4v) is 3.97. The van der Waals surface area contributed by atoms with Crippen LogP contribution in [0.1, 0.15) is 110 Å². The van der Waals surface area contributed by atoms with E-state index in [4.69, 9.17) is 14.2 Å². The van der Waals surface area contributed by atoms with Gasteiger partial charge in [0.15, 0.2) is 12.1 Å². The molecule has 0 aliphatic heterocycles. The van der Waals surface area contributed by atoms with Gasteiger partial charge in [0.2, 0.25) is 0 Å². The Kier molecular flexibility index (Phi) is 20.4. The number of likely N-dealkylation sites (N-methyl/N-ethyl adjacent to an activating group) is 1. The van der Waals surface area contributed by atoms with Crippen LogP contribution in [0.4, 0.5) is 0 Å². The third kappa shape index (κ3) is 19.5.